The molecule has 6 nitrogen and oxygen atoms in total. The van der Waals surface area contributed by atoms with Gasteiger partial charge in [0.05, 0.1) is 11.7 Å². The largest absolute Gasteiger partial charge is 0.467 e. The summed E-state index contributed by atoms with van der Waals surface area (Å²) in [7, 11) is 0. The van der Waals surface area contributed by atoms with Crippen LogP contribution in [0.2, 0.25) is 0 Å². The second-order valence-corrected chi connectivity index (χ2v) is 11.3. The Kier molecular flexibility index (Phi) is 5.30. The molecule has 1 fully saturated rings. The van der Waals surface area contributed by atoms with Crippen LogP contribution >= 0.6 is 11.3 Å². The van der Waals surface area contributed by atoms with E-state index in [-0.39, 0.29) is 18.0 Å². The molecule has 38 heavy (non-hydrogen) atoms. The third kappa shape index (κ3) is 3.77. The fourth-order valence-corrected chi connectivity index (χ4v) is 6.72. The zero-order valence-electron chi connectivity index (χ0n) is 21.0. The summed E-state index contributed by atoms with van der Waals surface area (Å²) in [6, 6.07) is 25.6. The van der Waals surface area contributed by atoms with Crippen LogP contribution in [-0.2, 0) is 13.0 Å². The Morgan fingerprint density at radius 3 is 2.74 bits per heavy atom. The lowest BCUT2D eigenvalue weighted by Crippen LogP contribution is -2.65. The number of hydrogen-bond acceptors (Lipinski definition) is 4. The van der Waals surface area contributed by atoms with E-state index < -0.39 is 5.72 Å². The molecule has 0 spiro atoms. The number of amides is 3. The van der Waals surface area contributed by atoms with Crippen molar-refractivity contribution >= 4 is 29.0 Å². The third-order valence-corrected chi connectivity index (χ3v) is 8.77. The van der Waals surface area contributed by atoms with Gasteiger partial charge in [-0.15, -0.1) is 11.3 Å². The SMILES string of the molecule is CC12CC(NC(=O)N1c1cccc(C(=O)N3CCc4ccccc4C3)c1)c1cc(-c3cccs3)ccc1O2. The fraction of sp³-hybridized carbons (Fsp3) is 0.226. The van der Waals surface area contributed by atoms with Gasteiger partial charge in [0.1, 0.15) is 5.75 Å². The molecular formula is C31H27N3O3S. The van der Waals surface area contributed by atoms with Crippen LogP contribution in [-0.4, -0.2) is 29.1 Å². The molecule has 190 valence electrons. The summed E-state index contributed by atoms with van der Waals surface area (Å²) in [5, 5.41) is 5.25. The topological polar surface area (TPSA) is 61.9 Å². The van der Waals surface area contributed by atoms with E-state index in [1.165, 1.54) is 16.0 Å². The monoisotopic (exact) mass is 521 g/mol. The number of nitrogens with zero attached hydrogens (tertiary/aromatic N) is 2. The highest BCUT2D eigenvalue weighted by molar-refractivity contribution is 7.13. The number of fused-ring (bicyclic) bond motifs is 5. The minimum Gasteiger partial charge on any atom is -0.467 e. The van der Waals surface area contributed by atoms with E-state index in [2.05, 4.69) is 41.0 Å². The lowest BCUT2D eigenvalue weighted by atomic mass is 9.89. The van der Waals surface area contributed by atoms with Crippen LogP contribution in [0.5, 0.6) is 5.75 Å². The standard InChI is InChI=1S/C31H27N3O3S/c1-31-18-26(25-17-21(11-12-27(25)37-31)28-10-5-15-38-28)32-30(36)34(31)24-9-4-8-22(16-24)29(35)33-14-13-20-6-2-3-7-23(20)19-33/h2-12,15-17,26H,13-14,18-19H2,1H3,(H,32,36). The molecule has 3 amide bonds. The number of nitrogens with one attached hydrogen (secondary N) is 1. The highest BCUT2D eigenvalue weighted by Gasteiger charge is 2.50. The molecule has 2 bridgehead atoms. The Morgan fingerprint density at radius 2 is 1.89 bits per heavy atom. The minimum absolute atomic E-state index is 0.0298. The number of urea groups is 1. The Hall–Kier alpha value is -4.10. The highest BCUT2D eigenvalue weighted by Crippen LogP contribution is 2.47. The van der Waals surface area contributed by atoms with Gasteiger partial charge in [0.15, 0.2) is 5.72 Å². The van der Waals surface area contributed by atoms with Crippen molar-refractivity contribution < 1.29 is 14.3 Å². The van der Waals surface area contributed by atoms with E-state index >= 15 is 0 Å². The van der Waals surface area contributed by atoms with Crippen molar-refractivity contribution in [2.24, 2.45) is 0 Å². The Balaban J connectivity index is 1.17. The van der Waals surface area contributed by atoms with Gasteiger partial charge in [-0.2, -0.15) is 0 Å². The van der Waals surface area contributed by atoms with Gasteiger partial charge in [-0.05, 0) is 77.9 Å². The average Bonchev–Trinajstić information content (AvgIpc) is 3.47. The van der Waals surface area contributed by atoms with Crippen LogP contribution < -0.4 is 15.0 Å². The van der Waals surface area contributed by atoms with E-state index in [9.17, 15) is 9.59 Å². The van der Waals surface area contributed by atoms with E-state index in [0.29, 0.717) is 30.8 Å². The summed E-state index contributed by atoms with van der Waals surface area (Å²) >= 11 is 1.69. The molecule has 0 saturated carbocycles. The van der Waals surface area contributed by atoms with Gasteiger partial charge < -0.3 is 15.0 Å². The fourth-order valence-electron chi connectivity index (χ4n) is 5.99. The zero-order valence-corrected chi connectivity index (χ0v) is 21.8. The molecule has 1 N–H and O–H groups in total. The summed E-state index contributed by atoms with van der Waals surface area (Å²) in [5.41, 5.74) is 4.94. The molecule has 4 aromatic rings. The van der Waals surface area contributed by atoms with Gasteiger partial charge >= 0.3 is 6.03 Å². The number of anilines is 1. The summed E-state index contributed by atoms with van der Waals surface area (Å²) in [6.45, 7) is 3.22. The van der Waals surface area contributed by atoms with E-state index in [1.807, 2.05) is 60.4 Å². The van der Waals surface area contributed by atoms with E-state index in [4.69, 9.17) is 4.74 Å². The Bertz CT molecular complexity index is 1570. The summed E-state index contributed by atoms with van der Waals surface area (Å²) in [5.74, 6) is 0.742. The predicted octanol–water partition coefficient (Wildman–Crippen LogP) is 6.38. The van der Waals surface area contributed by atoms with Crippen LogP contribution in [0.3, 0.4) is 0 Å². The van der Waals surface area contributed by atoms with Crippen molar-refractivity contribution in [2.75, 3.05) is 11.4 Å². The van der Waals surface area contributed by atoms with E-state index in [1.54, 1.807) is 16.2 Å². The van der Waals surface area contributed by atoms with Crippen molar-refractivity contribution in [3.8, 4) is 16.2 Å². The quantitative estimate of drug-likeness (QED) is 0.340. The lowest BCUT2D eigenvalue weighted by Gasteiger charge is -2.50. The van der Waals surface area contributed by atoms with Crippen molar-refractivity contribution in [3.05, 3.63) is 106 Å². The molecule has 0 radical (unpaired) electrons. The molecule has 4 heterocycles. The molecular weight excluding hydrogens is 494 g/mol. The molecule has 0 aliphatic carbocycles. The number of ether oxygens (including phenoxy) is 1. The van der Waals surface area contributed by atoms with Crippen molar-refractivity contribution in [2.45, 2.75) is 38.1 Å². The van der Waals surface area contributed by atoms with Crippen LogP contribution in [0.1, 0.15) is 46.4 Å². The summed E-state index contributed by atoms with van der Waals surface area (Å²) in [6.07, 6.45) is 1.44. The number of rotatable bonds is 3. The molecule has 2 unspecified atom stereocenters. The normalized spacial score (nSPS) is 21.7. The van der Waals surface area contributed by atoms with E-state index in [0.717, 1.165) is 23.3 Å². The number of thiophene rings is 1. The maximum atomic E-state index is 13.5. The molecule has 7 heteroatoms. The maximum absolute atomic E-state index is 13.5. The second-order valence-electron chi connectivity index (χ2n) is 10.3. The zero-order chi connectivity index (χ0) is 25.9. The highest BCUT2D eigenvalue weighted by atomic mass is 32.1. The molecule has 1 saturated heterocycles. The number of carbonyl (C=O) groups excluding carboxylic acids is 2. The Morgan fingerprint density at radius 1 is 1.03 bits per heavy atom. The van der Waals surface area contributed by atoms with Gasteiger partial charge in [-0.25, -0.2) is 4.79 Å². The van der Waals surface area contributed by atoms with Crippen molar-refractivity contribution in [1.29, 1.82) is 0 Å². The van der Waals surface area contributed by atoms with Gasteiger partial charge in [-0.3, -0.25) is 9.69 Å². The van der Waals surface area contributed by atoms with Gasteiger partial charge in [0, 0.05) is 35.5 Å². The lowest BCUT2D eigenvalue weighted by molar-refractivity contribution is 0.0378. The van der Waals surface area contributed by atoms with Crippen LogP contribution in [0.25, 0.3) is 10.4 Å². The first kappa shape index (κ1) is 23.0. The number of hydrogen-bond donors (Lipinski definition) is 1. The second kappa shape index (κ2) is 8.74. The van der Waals surface area contributed by atoms with Gasteiger partial charge in [-0.1, -0.05) is 36.4 Å². The number of benzene rings is 3. The van der Waals surface area contributed by atoms with Crippen molar-refractivity contribution in [3.63, 3.8) is 0 Å². The Labute approximate surface area is 225 Å². The average molecular weight is 522 g/mol. The van der Waals surface area contributed by atoms with Gasteiger partial charge in [0.2, 0.25) is 0 Å². The van der Waals surface area contributed by atoms with Crippen LogP contribution in [0.15, 0.2) is 84.2 Å². The third-order valence-electron chi connectivity index (χ3n) is 7.85. The van der Waals surface area contributed by atoms with Crippen LogP contribution in [0.4, 0.5) is 10.5 Å². The first-order chi connectivity index (χ1) is 18.5. The smallest absolute Gasteiger partial charge is 0.325 e. The first-order valence-electron chi connectivity index (χ1n) is 12.9. The minimum atomic E-state index is -0.879. The number of carbonyl (C=O) groups is 2. The summed E-state index contributed by atoms with van der Waals surface area (Å²) in [4.78, 5) is 31.7. The molecule has 7 rings (SSSR count). The molecule has 2 atom stereocenters. The van der Waals surface area contributed by atoms with Crippen LogP contribution in [0, 0.1) is 0 Å². The summed E-state index contributed by atoms with van der Waals surface area (Å²) < 4.78 is 6.53. The maximum Gasteiger partial charge on any atom is 0.325 e. The molecule has 3 aliphatic rings. The van der Waals surface area contributed by atoms with Crippen molar-refractivity contribution in [1.82, 2.24) is 10.2 Å². The molecule has 3 aliphatic heterocycles. The molecule has 1 aromatic heterocycles. The molecule has 3 aromatic carbocycles. The predicted molar refractivity (Wildman–Crippen MR) is 148 cm³/mol. The first-order valence-corrected chi connectivity index (χ1v) is 13.8. The van der Waals surface area contributed by atoms with Gasteiger partial charge in [0.25, 0.3) is 5.91 Å².